The largest absolute Gasteiger partial charge is 0.341 e. The van der Waals surface area contributed by atoms with Crippen LogP contribution < -0.4 is 10.2 Å². The van der Waals surface area contributed by atoms with Crippen molar-refractivity contribution in [2.75, 3.05) is 36.4 Å². The number of carbonyl (C=O) groups is 1. The average Bonchev–Trinajstić information content (AvgIpc) is 2.99. The molecular weight excluding hydrogens is 409 g/mol. The number of aromatic nitrogens is 2. The second-order valence-electron chi connectivity index (χ2n) is 7.24. The lowest BCUT2D eigenvalue weighted by Gasteiger charge is -2.27. The Bertz CT molecular complexity index is 988. The van der Waals surface area contributed by atoms with Crippen LogP contribution in [-0.2, 0) is 4.79 Å². The van der Waals surface area contributed by atoms with Gasteiger partial charge in [0.1, 0.15) is 0 Å². The highest BCUT2D eigenvalue weighted by Crippen LogP contribution is 2.26. The molecule has 1 aliphatic heterocycles. The average molecular weight is 432 g/mol. The quantitative estimate of drug-likeness (QED) is 0.641. The Labute approximate surface area is 179 Å². The number of rotatable bonds is 4. The molecule has 1 fully saturated rings. The number of fused-ring (bicyclic) bond motifs is 1. The number of carbonyl (C=O) groups excluding carboxylic acids is 1. The molecule has 1 unspecified atom stereocenters. The molecule has 1 aromatic heterocycles. The van der Waals surface area contributed by atoms with Crippen LogP contribution in [0.1, 0.15) is 13.3 Å². The van der Waals surface area contributed by atoms with Gasteiger partial charge in [-0.3, -0.25) is 9.69 Å². The molecular formula is C21H23Cl2N5O. The fourth-order valence-corrected chi connectivity index (χ4v) is 4.08. The molecule has 1 amide bonds. The van der Waals surface area contributed by atoms with Crippen LogP contribution in [-0.4, -0.2) is 53.0 Å². The van der Waals surface area contributed by atoms with Crippen LogP contribution in [0.5, 0.6) is 0 Å². The summed E-state index contributed by atoms with van der Waals surface area (Å²) in [6.45, 7) is 5.25. The molecule has 2 N–H and O–H groups in total. The van der Waals surface area contributed by atoms with Gasteiger partial charge in [-0.1, -0.05) is 35.3 Å². The molecule has 152 valence electrons. The van der Waals surface area contributed by atoms with Crippen molar-refractivity contribution in [2.45, 2.75) is 19.4 Å². The van der Waals surface area contributed by atoms with E-state index in [-0.39, 0.29) is 11.9 Å². The van der Waals surface area contributed by atoms with Gasteiger partial charge in [-0.15, -0.1) is 0 Å². The SMILES string of the molecule is CC(C(=O)Nc1ccc(Cl)cc1Cl)N1CCCN(c2nc3ccccc3[nH]2)CC1. The number of nitrogens with one attached hydrogen (secondary N) is 2. The Morgan fingerprint density at radius 2 is 1.97 bits per heavy atom. The zero-order chi connectivity index (χ0) is 20.4. The number of hydrogen-bond acceptors (Lipinski definition) is 4. The molecule has 1 saturated heterocycles. The Hall–Kier alpha value is -2.28. The summed E-state index contributed by atoms with van der Waals surface area (Å²) < 4.78 is 0. The minimum absolute atomic E-state index is 0.0774. The fourth-order valence-electron chi connectivity index (χ4n) is 3.62. The fraction of sp³-hybridized carbons (Fsp3) is 0.333. The van der Waals surface area contributed by atoms with Gasteiger partial charge >= 0.3 is 0 Å². The summed E-state index contributed by atoms with van der Waals surface area (Å²) in [7, 11) is 0. The molecule has 8 heteroatoms. The normalized spacial score (nSPS) is 16.6. The maximum absolute atomic E-state index is 12.8. The summed E-state index contributed by atoms with van der Waals surface area (Å²) in [6, 6.07) is 12.8. The van der Waals surface area contributed by atoms with E-state index in [2.05, 4.69) is 20.1 Å². The van der Waals surface area contributed by atoms with E-state index in [1.54, 1.807) is 18.2 Å². The summed E-state index contributed by atoms with van der Waals surface area (Å²) in [6.07, 6.45) is 0.955. The van der Waals surface area contributed by atoms with E-state index in [1.807, 2.05) is 31.2 Å². The highest BCUT2D eigenvalue weighted by atomic mass is 35.5. The lowest BCUT2D eigenvalue weighted by molar-refractivity contribution is -0.120. The minimum atomic E-state index is -0.266. The number of halogens is 2. The molecule has 29 heavy (non-hydrogen) atoms. The second-order valence-corrected chi connectivity index (χ2v) is 8.09. The highest BCUT2D eigenvalue weighted by molar-refractivity contribution is 6.36. The van der Waals surface area contributed by atoms with Crippen molar-refractivity contribution in [3.63, 3.8) is 0 Å². The molecule has 2 aromatic carbocycles. The van der Waals surface area contributed by atoms with Gasteiger partial charge in [-0.2, -0.15) is 0 Å². The molecule has 0 radical (unpaired) electrons. The van der Waals surface area contributed by atoms with Gasteiger partial charge in [0.2, 0.25) is 11.9 Å². The van der Waals surface area contributed by atoms with Crippen LogP contribution in [0, 0.1) is 0 Å². The van der Waals surface area contributed by atoms with E-state index in [0.717, 1.165) is 49.6 Å². The van der Waals surface area contributed by atoms with E-state index in [0.29, 0.717) is 15.7 Å². The van der Waals surface area contributed by atoms with Crippen molar-refractivity contribution in [1.82, 2.24) is 14.9 Å². The molecule has 0 aliphatic carbocycles. The van der Waals surface area contributed by atoms with E-state index in [4.69, 9.17) is 28.2 Å². The summed E-state index contributed by atoms with van der Waals surface area (Å²) in [4.78, 5) is 25.3. The first-order valence-electron chi connectivity index (χ1n) is 9.71. The molecule has 4 rings (SSSR count). The second kappa shape index (κ2) is 8.61. The minimum Gasteiger partial charge on any atom is -0.341 e. The van der Waals surface area contributed by atoms with Crippen molar-refractivity contribution in [3.05, 3.63) is 52.5 Å². The Morgan fingerprint density at radius 3 is 2.76 bits per heavy atom. The number of nitrogens with zero attached hydrogens (tertiary/aromatic N) is 3. The number of H-pyrrole nitrogens is 1. The van der Waals surface area contributed by atoms with Gasteiger partial charge in [-0.05, 0) is 43.7 Å². The summed E-state index contributed by atoms with van der Waals surface area (Å²) in [5.74, 6) is 0.810. The summed E-state index contributed by atoms with van der Waals surface area (Å²) in [5, 5.41) is 3.89. The zero-order valence-electron chi connectivity index (χ0n) is 16.2. The molecule has 0 bridgehead atoms. The molecule has 0 spiro atoms. The topological polar surface area (TPSA) is 64.3 Å². The molecule has 1 atom stereocenters. The molecule has 2 heterocycles. The lowest BCUT2D eigenvalue weighted by atomic mass is 10.2. The smallest absolute Gasteiger partial charge is 0.241 e. The predicted molar refractivity (Wildman–Crippen MR) is 119 cm³/mol. The number of anilines is 2. The van der Waals surface area contributed by atoms with Gasteiger partial charge in [0.15, 0.2) is 0 Å². The summed E-state index contributed by atoms with van der Waals surface area (Å²) in [5.41, 5.74) is 2.58. The Kier molecular flexibility index (Phi) is 5.94. The predicted octanol–water partition coefficient (Wildman–Crippen LogP) is 4.41. The van der Waals surface area contributed by atoms with Crippen LogP contribution in [0.3, 0.4) is 0 Å². The van der Waals surface area contributed by atoms with Crippen molar-refractivity contribution < 1.29 is 4.79 Å². The van der Waals surface area contributed by atoms with Crippen LogP contribution in [0.25, 0.3) is 11.0 Å². The first kappa shape index (κ1) is 20.0. The molecule has 0 saturated carbocycles. The number of para-hydroxylation sites is 2. The number of aromatic amines is 1. The van der Waals surface area contributed by atoms with Crippen molar-refractivity contribution in [2.24, 2.45) is 0 Å². The third-order valence-electron chi connectivity index (χ3n) is 5.32. The third-order valence-corrected chi connectivity index (χ3v) is 5.87. The first-order chi connectivity index (χ1) is 14.0. The van der Waals surface area contributed by atoms with Crippen LogP contribution >= 0.6 is 23.2 Å². The van der Waals surface area contributed by atoms with Gasteiger partial charge in [0.05, 0.1) is 27.8 Å². The van der Waals surface area contributed by atoms with Crippen molar-refractivity contribution in [1.29, 1.82) is 0 Å². The molecule has 1 aliphatic rings. The standard InChI is InChI=1S/C21H23Cl2N5O/c1-14(20(29)24-17-8-7-15(22)13-16(17)23)27-9-4-10-28(12-11-27)21-25-18-5-2-3-6-19(18)26-21/h2-3,5-8,13-14H,4,9-12H2,1H3,(H,24,29)(H,25,26). The number of hydrogen-bond donors (Lipinski definition) is 2. The summed E-state index contributed by atoms with van der Waals surface area (Å²) >= 11 is 12.1. The zero-order valence-corrected chi connectivity index (χ0v) is 17.7. The van der Waals surface area contributed by atoms with E-state index in [9.17, 15) is 4.79 Å². The van der Waals surface area contributed by atoms with E-state index in [1.165, 1.54) is 0 Å². The number of amides is 1. The van der Waals surface area contributed by atoms with Crippen molar-refractivity contribution in [3.8, 4) is 0 Å². The van der Waals surface area contributed by atoms with Crippen LogP contribution in [0.4, 0.5) is 11.6 Å². The Morgan fingerprint density at radius 1 is 1.14 bits per heavy atom. The highest BCUT2D eigenvalue weighted by Gasteiger charge is 2.25. The van der Waals surface area contributed by atoms with Gasteiger partial charge in [-0.25, -0.2) is 4.98 Å². The van der Waals surface area contributed by atoms with E-state index >= 15 is 0 Å². The van der Waals surface area contributed by atoms with Crippen molar-refractivity contribution >= 4 is 51.8 Å². The monoisotopic (exact) mass is 431 g/mol. The van der Waals surface area contributed by atoms with Gasteiger partial charge in [0.25, 0.3) is 0 Å². The molecule has 6 nitrogen and oxygen atoms in total. The van der Waals surface area contributed by atoms with Crippen LogP contribution in [0.15, 0.2) is 42.5 Å². The molecule has 3 aromatic rings. The first-order valence-corrected chi connectivity index (χ1v) is 10.5. The third kappa shape index (κ3) is 4.50. The maximum atomic E-state index is 12.8. The van der Waals surface area contributed by atoms with Gasteiger partial charge in [0, 0.05) is 31.2 Å². The van der Waals surface area contributed by atoms with Gasteiger partial charge < -0.3 is 15.2 Å². The Balaban J connectivity index is 1.40. The van der Waals surface area contributed by atoms with Crippen LogP contribution in [0.2, 0.25) is 10.0 Å². The number of benzene rings is 2. The van der Waals surface area contributed by atoms with E-state index < -0.39 is 0 Å². The lowest BCUT2D eigenvalue weighted by Crippen LogP contribution is -2.44. The number of imidazole rings is 1. The maximum Gasteiger partial charge on any atom is 0.241 e.